The summed E-state index contributed by atoms with van der Waals surface area (Å²) in [5.74, 6) is -3.76. The van der Waals surface area contributed by atoms with Gasteiger partial charge < -0.3 is 10.4 Å². The molecule has 0 saturated carbocycles. The summed E-state index contributed by atoms with van der Waals surface area (Å²) in [6.07, 6.45) is 0. The van der Waals surface area contributed by atoms with E-state index in [2.05, 4.69) is 5.32 Å². The van der Waals surface area contributed by atoms with E-state index in [0.717, 1.165) is 12.1 Å². The number of carbonyl (C=O) groups excluding carboxylic acids is 1. The quantitative estimate of drug-likeness (QED) is 0.885. The molecule has 1 amide bonds. The molecule has 1 aromatic rings. The molecule has 2 N–H and O–H groups in total. The van der Waals surface area contributed by atoms with Gasteiger partial charge in [0, 0.05) is 13.1 Å². The zero-order valence-corrected chi connectivity index (χ0v) is 11.5. The first-order valence-corrected chi connectivity index (χ1v) is 6.57. The van der Waals surface area contributed by atoms with E-state index in [1.807, 2.05) is 0 Å². The molecular formula is C14H16F2N2O3. The highest BCUT2D eigenvalue weighted by Gasteiger charge is 2.35. The Bertz CT molecular complexity index is 545. The minimum Gasteiger partial charge on any atom is -0.481 e. The molecule has 1 saturated heterocycles. The second-order valence-electron chi connectivity index (χ2n) is 5.26. The number of rotatable bonds is 4. The third-order valence-electron chi connectivity index (χ3n) is 3.60. The van der Waals surface area contributed by atoms with Crippen molar-refractivity contribution < 1.29 is 23.5 Å². The summed E-state index contributed by atoms with van der Waals surface area (Å²) >= 11 is 0. The Kier molecular flexibility index (Phi) is 4.52. The number of halogens is 2. The van der Waals surface area contributed by atoms with Crippen molar-refractivity contribution in [3.05, 3.63) is 29.8 Å². The van der Waals surface area contributed by atoms with Crippen LogP contribution in [0.25, 0.3) is 0 Å². The maximum absolute atomic E-state index is 13.4. The zero-order chi connectivity index (χ0) is 15.6. The minimum atomic E-state index is -0.898. The maximum Gasteiger partial charge on any atom is 0.308 e. The topological polar surface area (TPSA) is 69.6 Å². The molecule has 0 radical (unpaired) electrons. The summed E-state index contributed by atoms with van der Waals surface area (Å²) in [5.41, 5.74) is -0.482. The number of carboxylic acids is 1. The first-order chi connectivity index (χ1) is 9.88. The van der Waals surface area contributed by atoms with Gasteiger partial charge in [-0.05, 0) is 18.1 Å². The monoisotopic (exact) mass is 298 g/mol. The summed E-state index contributed by atoms with van der Waals surface area (Å²) in [4.78, 5) is 24.5. The molecule has 1 fully saturated rings. The van der Waals surface area contributed by atoms with Gasteiger partial charge in [-0.25, -0.2) is 8.78 Å². The first-order valence-electron chi connectivity index (χ1n) is 6.57. The van der Waals surface area contributed by atoms with Gasteiger partial charge >= 0.3 is 5.97 Å². The largest absolute Gasteiger partial charge is 0.481 e. The van der Waals surface area contributed by atoms with Crippen LogP contribution in [-0.2, 0) is 9.59 Å². The standard InChI is InChI=1S/C14H16F2N2O3/c1-8-5-18(6-9(8)14(20)21)7-12(19)17-13-10(15)3-2-4-11(13)16/h2-4,8-9H,5-7H2,1H3,(H,17,19)(H,20,21). The number of likely N-dealkylation sites (tertiary alicyclic amines) is 1. The molecule has 1 aliphatic rings. The minimum absolute atomic E-state index is 0.0690. The van der Waals surface area contributed by atoms with Gasteiger partial charge in [0.1, 0.15) is 17.3 Å². The van der Waals surface area contributed by atoms with E-state index < -0.39 is 35.1 Å². The van der Waals surface area contributed by atoms with Gasteiger partial charge in [0.05, 0.1) is 12.5 Å². The fraction of sp³-hybridized carbons (Fsp3) is 0.429. The fourth-order valence-electron chi connectivity index (χ4n) is 2.52. The lowest BCUT2D eigenvalue weighted by molar-refractivity contribution is -0.142. The van der Waals surface area contributed by atoms with E-state index in [1.54, 1.807) is 11.8 Å². The number of aliphatic carboxylic acids is 1. The molecule has 1 heterocycles. The molecule has 1 aromatic carbocycles. The van der Waals surface area contributed by atoms with Gasteiger partial charge in [-0.1, -0.05) is 13.0 Å². The highest BCUT2D eigenvalue weighted by atomic mass is 19.1. The van der Waals surface area contributed by atoms with E-state index in [9.17, 15) is 18.4 Å². The third-order valence-corrected chi connectivity index (χ3v) is 3.60. The van der Waals surface area contributed by atoms with Crippen LogP contribution in [0.1, 0.15) is 6.92 Å². The zero-order valence-electron chi connectivity index (χ0n) is 11.5. The second kappa shape index (κ2) is 6.17. The molecular weight excluding hydrogens is 282 g/mol. The van der Waals surface area contributed by atoms with Crippen LogP contribution in [0.15, 0.2) is 18.2 Å². The SMILES string of the molecule is CC1CN(CC(=O)Nc2c(F)cccc2F)CC1C(=O)O. The van der Waals surface area contributed by atoms with Crippen molar-refractivity contribution in [1.29, 1.82) is 0 Å². The van der Waals surface area contributed by atoms with Gasteiger partial charge in [-0.2, -0.15) is 0 Å². The summed E-state index contributed by atoms with van der Waals surface area (Å²) in [6.45, 7) is 2.42. The molecule has 21 heavy (non-hydrogen) atoms. The maximum atomic E-state index is 13.4. The number of nitrogens with one attached hydrogen (secondary N) is 1. The van der Waals surface area contributed by atoms with Gasteiger partial charge in [-0.3, -0.25) is 14.5 Å². The molecule has 5 nitrogen and oxygen atoms in total. The Morgan fingerprint density at radius 2 is 1.95 bits per heavy atom. The highest BCUT2D eigenvalue weighted by molar-refractivity contribution is 5.92. The van der Waals surface area contributed by atoms with Crippen molar-refractivity contribution in [1.82, 2.24) is 4.90 Å². The summed E-state index contributed by atoms with van der Waals surface area (Å²) in [6, 6.07) is 3.31. The van der Waals surface area contributed by atoms with E-state index in [1.165, 1.54) is 6.07 Å². The number of hydrogen-bond donors (Lipinski definition) is 2. The number of carboxylic acid groups (broad SMARTS) is 1. The molecule has 0 spiro atoms. The van der Waals surface area contributed by atoms with Crippen molar-refractivity contribution in [2.75, 3.05) is 25.0 Å². The Hall–Kier alpha value is -2.02. The van der Waals surface area contributed by atoms with Crippen LogP contribution in [0.2, 0.25) is 0 Å². The van der Waals surface area contributed by atoms with Gasteiger partial charge in [0.25, 0.3) is 0 Å². The van der Waals surface area contributed by atoms with Crippen molar-refractivity contribution in [2.45, 2.75) is 6.92 Å². The second-order valence-corrected chi connectivity index (χ2v) is 5.26. The molecule has 0 aliphatic carbocycles. The predicted octanol–water partition coefficient (Wildman–Crippen LogP) is 1.56. The fourth-order valence-corrected chi connectivity index (χ4v) is 2.52. The number of anilines is 1. The van der Waals surface area contributed by atoms with Crippen LogP contribution in [-0.4, -0.2) is 41.5 Å². The van der Waals surface area contributed by atoms with Gasteiger partial charge in [0.2, 0.25) is 5.91 Å². The Morgan fingerprint density at radius 1 is 1.33 bits per heavy atom. The number of nitrogens with zero attached hydrogens (tertiary/aromatic N) is 1. The molecule has 0 aromatic heterocycles. The molecule has 114 valence electrons. The van der Waals surface area contributed by atoms with Crippen molar-refractivity contribution in [2.24, 2.45) is 11.8 Å². The van der Waals surface area contributed by atoms with Crippen LogP contribution in [0, 0.1) is 23.5 Å². The summed E-state index contributed by atoms with van der Waals surface area (Å²) in [5, 5.41) is 11.2. The first kappa shape index (κ1) is 15.4. The normalized spacial score (nSPS) is 22.2. The van der Waals surface area contributed by atoms with Crippen LogP contribution in [0.4, 0.5) is 14.5 Å². The number of amides is 1. The average Bonchev–Trinajstić information content (AvgIpc) is 2.75. The van der Waals surface area contributed by atoms with Crippen LogP contribution >= 0.6 is 0 Å². The molecule has 0 bridgehead atoms. The Balaban J connectivity index is 1.96. The van der Waals surface area contributed by atoms with E-state index in [-0.39, 0.29) is 19.0 Å². The summed E-state index contributed by atoms with van der Waals surface area (Å²) < 4.78 is 26.8. The highest BCUT2D eigenvalue weighted by Crippen LogP contribution is 2.23. The molecule has 2 atom stereocenters. The Labute approximate surface area is 120 Å². The predicted molar refractivity (Wildman–Crippen MR) is 71.7 cm³/mol. The van der Waals surface area contributed by atoms with E-state index in [4.69, 9.17) is 5.11 Å². The third kappa shape index (κ3) is 3.55. The Morgan fingerprint density at radius 3 is 2.48 bits per heavy atom. The van der Waals surface area contributed by atoms with Crippen molar-refractivity contribution in [3.8, 4) is 0 Å². The molecule has 2 rings (SSSR count). The average molecular weight is 298 g/mol. The van der Waals surface area contributed by atoms with Crippen LogP contribution < -0.4 is 5.32 Å². The number of carbonyl (C=O) groups is 2. The van der Waals surface area contributed by atoms with Gasteiger partial charge in [-0.15, -0.1) is 0 Å². The molecule has 2 unspecified atom stereocenters. The smallest absolute Gasteiger partial charge is 0.308 e. The van der Waals surface area contributed by atoms with Crippen molar-refractivity contribution >= 4 is 17.6 Å². The number of hydrogen-bond acceptors (Lipinski definition) is 3. The number of para-hydroxylation sites is 1. The van der Waals surface area contributed by atoms with E-state index >= 15 is 0 Å². The lowest BCUT2D eigenvalue weighted by Crippen LogP contribution is -2.32. The molecule has 7 heteroatoms. The van der Waals surface area contributed by atoms with Crippen molar-refractivity contribution in [3.63, 3.8) is 0 Å². The van der Waals surface area contributed by atoms with Crippen LogP contribution in [0.5, 0.6) is 0 Å². The van der Waals surface area contributed by atoms with Gasteiger partial charge in [0.15, 0.2) is 0 Å². The lowest BCUT2D eigenvalue weighted by atomic mass is 9.99. The number of benzene rings is 1. The van der Waals surface area contributed by atoms with Crippen LogP contribution in [0.3, 0.4) is 0 Å². The summed E-state index contributed by atoms with van der Waals surface area (Å²) in [7, 11) is 0. The van der Waals surface area contributed by atoms with E-state index in [0.29, 0.717) is 6.54 Å². The molecule has 1 aliphatic heterocycles. The lowest BCUT2D eigenvalue weighted by Gasteiger charge is -2.15.